The summed E-state index contributed by atoms with van der Waals surface area (Å²) in [4.78, 5) is 16.3. The minimum atomic E-state index is -4.03. The van der Waals surface area contributed by atoms with E-state index in [0.717, 1.165) is 0 Å². The van der Waals surface area contributed by atoms with Gasteiger partial charge in [0, 0.05) is 6.20 Å². The number of hydrogen-bond donors (Lipinski definition) is 2. The zero-order valence-electron chi connectivity index (χ0n) is 14.7. The number of methoxy groups -OCH3 is 1. The topological polar surface area (TPSA) is 97.4 Å². The van der Waals surface area contributed by atoms with E-state index in [1.165, 1.54) is 37.6 Å². The molecule has 0 fully saturated rings. The summed E-state index contributed by atoms with van der Waals surface area (Å²) >= 11 is 5.89. The fraction of sp³-hybridized carbons (Fsp3) is 0.0526. The number of hydrogen-bond acceptors (Lipinski definition) is 5. The highest BCUT2D eigenvalue weighted by Gasteiger charge is 2.21. The molecule has 1 amide bonds. The SMILES string of the molecule is COc1ccccc1NC(=O)c1ccccc1NS(=O)(=O)c1cccnc1Cl. The van der Waals surface area contributed by atoms with Gasteiger partial charge in [0.2, 0.25) is 0 Å². The second kappa shape index (κ2) is 8.28. The number of halogens is 1. The Morgan fingerprint density at radius 1 is 1.00 bits per heavy atom. The van der Waals surface area contributed by atoms with E-state index in [0.29, 0.717) is 11.4 Å². The lowest BCUT2D eigenvalue weighted by Gasteiger charge is -2.14. The molecule has 28 heavy (non-hydrogen) atoms. The molecule has 0 atom stereocenters. The minimum absolute atomic E-state index is 0.106. The number of carbonyl (C=O) groups excluding carboxylic acids is 1. The van der Waals surface area contributed by atoms with Gasteiger partial charge in [-0.05, 0) is 36.4 Å². The zero-order chi connectivity index (χ0) is 20.1. The average Bonchev–Trinajstić information content (AvgIpc) is 2.68. The van der Waals surface area contributed by atoms with E-state index in [2.05, 4.69) is 15.0 Å². The van der Waals surface area contributed by atoms with Crippen LogP contribution in [0.15, 0.2) is 71.8 Å². The second-order valence-electron chi connectivity index (χ2n) is 5.60. The van der Waals surface area contributed by atoms with Crippen LogP contribution in [0.25, 0.3) is 0 Å². The zero-order valence-corrected chi connectivity index (χ0v) is 16.3. The van der Waals surface area contributed by atoms with Gasteiger partial charge < -0.3 is 10.1 Å². The minimum Gasteiger partial charge on any atom is -0.495 e. The van der Waals surface area contributed by atoms with E-state index in [4.69, 9.17) is 16.3 Å². The number of carbonyl (C=O) groups is 1. The Morgan fingerprint density at radius 2 is 1.68 bits per heavy atom. The smallest absolute Gasteiger partial charge is 0.264 e. The first-order valence-electron chi connectivity index (χ1n) is 8.09. The van der Waals surface area contributed by atoms with Crippen molar-refractivity contribution in [1.82, 2.24) is 4.98 Å². The number of rotatable bonds is 6. The van der Waals surface area contributed by atoms with Crippen LogP contribution in [-0.2, 0) is 10.0 Å². The first-order valence-corrected chi connectivity index (χ1v) is 9.95. The van der Waals surface area contributed by atoms with Crippen molar-refractivity contribution in [3.8, 4) is 5.75 Å². The van der Waals surface area contributed by atoms with Gasteiger partial charge >= 0.3 is 0 Å². The molecule has 144 valence electrons. The second-order valence-corrected chi connectivity index (χ2v) is 7.61. The molecule has 0 radical (unpaired) electrons. The average molecular weight is 418 g/mol. The highest BCUT2D eigenvalue weighted by molar-refractivity contribution is 7.92. The number of ether oxygens (including phenoxy) is 1. The van der Waals surface area contributed by atoms with Gasteiger partial charge in [0.05, 0.1) is 24.0 Å². The Hall–Kier alpha value is -3.10. The molecule has 3 rings (SSSR count). The molecule has 0 aliphatic carbocycles. The van der Waals surface area contributed by atoms with E-state index in [1.807, 2.05) is 0 Å². The molecule has 3 aromatic rings. The van der Waals surface area contributed by atoms with Crippen LogP contribution in [0.5, 0.6) is 5.75 Å². The molecule has 0 saturated carbocycles. The van der Waals surface area contributed by atoms with E-state index < -0.39 is 15.9 Å². The van der Waals surface area contributed by atoms with Gasteiger partial charge in [0.25, 0.3) is 15.9 Å². The predicted molar refractivity (Wildman–Crippen MR) is 107 cm³/mol. The first kappa shape index (κ1) is 19.7. The number of anilines is 2. The molecule has 1 heterocycles. The summed E-state index contributed by atoms with van der Waals surface area (Å²) in [5.74, 6) is -0.0175. The molecule has 9 heteroatoms. The molecule has 0 spiro atoms. The van der Waals surface area contributed by atoms with E-state index in [9.17, 15) is 13.2 Å². The maximum atomic E-state index is 12.8. The van der Waals surface area contributed by atoms with Crippen LogP contribution in [-0.4, -0.2) is 26.4 Å². The molecule has 0 unspecified atom stereocenters. The summed E-state index contributed by atoms with van der Waals surface area (Å²) in [6.45, 7) is 0. The fourth-order valence-corrected chi connectivity index (χ4v) is 4.01. The molecule has 2 aromatic carbocycles. The van der Waals surface area contributed by atoms with Crippen molar-refractivity contribution in [2.75, 3.05) is 17.1 Å². The van der Waals surface area contributed by atoms with Crippen molar-refractivity contribution < 1.29 is 17.9 Å². The number of amides is 1. The van der Waals surface area contributed by atoms with Gasteiger partial charge in [-0.3, -0.25) is 9.52 Å². The standard InChI is InChI=1S/C19H16ClN3O4S/c1-27-16-10-5-4-9-15(16)22-19(24)13-7-2-3-8-14(13)23-28(25,26)17-11-6-12-21-18(17)20/h2-12,23H,1H3,(H,22,24). The molecule has 0 aliphatic rings. The van der Waals surface area contributed by atoms with Crippen LogP contribution in [0.2, 0.25) is 5.15 Å². The maximum absolute atomic E-state index is 12.8. The molecule has 7 nitrogen and oxygen atoms in total. The van der Waals surface area contributed by atoms with Gasteiger partial charge in [-0.25, -0.2) is 13.4 Å². The number of nitrogens with one attached hydrogen (secondary N) is 2. The van der Waals surface area contributed by atoms with Crippen LogP contribution in [0.4, 0.5) is 11.4 Å². The van der Waals surface area contributed by atoms with Crippen molar-refractivity contribution in [2.24, 2.45) is 0 Å². The summed E-state index contributed by atoms with van der Waals surface area (Å²) in [7, 11) is -2.54. The van der Waals surface area contributed by atoms with Crippen molar-refractivity contribution in [1.29, 1.82) is 0 Å². The van der Waals surface area contributed by atoms with Gasteiger partial charge in [0.15, 0.2) is 0 Å². The molecular weight excluding hydrogens is 402 g/mol. The van der Waals surface area contributed by atoms with Crippen molar-refractivity contribution in [3.63, 3.8) is 0 Å². The molecule has 0 bridgehead atoms. The monoisotopic (exact) mass is 417 g/mol. The summed E-state index contributed by atoms with van der Waals surface area (Å²) in [5, 5.41) is 2.56. The largest absolute Gasteiger partial charge is 0.495 e. The van der Waals surface area contributed by atoms with E-state index >= 15 is 0 Å². The Balaban J connectivity index is 1.91. The van der Waals surface area contributed by atoms with Gasteiger partial charge in [-0.15, -0.1) is 0 Å². The fourth-order valence-electron chi connectivity index (χ4n) is 2.48. The predicted octanol–water partition coefficient (Wildman–Crippen LogP) is 3.80. The van der Waals surface area contributed by atoms with Crippen LogP contribution in [0.1, 0.15) is 10.4 Å². The summed E-state index contributed by atoms with van der Waals surface area (Å²) < 4.78 is 32.9. The Kier molecular flexibility index (Phi) is 5.81. The summed E-state index contributed by atoms with van der Waals surface area (Å²) in [6.07, 6.45) is 1.38. The van der Waals surface area contributed by atoms with Gasteiger partial charge in [-0.2, -0.15) is 0 Å². The van der Waals surface area contributed by atoms with Crippen molar-refractivity contribution in [2.45, 2.75) is 4.90 Å². The Bertz CT molecular complexity index is 1120. The van der Waals surface area contributed by atoms with Crippen LogP contribution >= 0.6 is 11.6 Å². The molecule has 0 aliphatic heterocycles. The number of para-hydroxylation sites is 3. The number of aromatic nitrogens is 1. The number of benzene rings is 2. The van der Waals surface area contributed by atoms with Crippen LogP contribution in [0.3, 0.4) is 0 Å². The third-order valence-corrected chi connectivity index (χ3v) is 5.60. The number of pyridine rings is 1. The summed E-state index contributed by atoms with van der Waals surface area (Å²) in [5.41, 5.74) is 0.703. The lowest BCUT2D eigenvalue weighted by molar-refractivity contribution is 0.102. The normalized spacial score (nSPS) is 10.9. The number of nitrogens with zero attached hydrogens (tertiary/aromatic N) is 1. The molecule has 2 N–H and O–H groups in total. The van der Waals surface area contributed by atoms with Gasteiger partial charge in [0.1, 0.15) is 15.8 Å². The Morgan fingerprint density at radius 3 is 2.39 bits per heavy atom. The molecule has 0 saturated heterocycles. The lowest BCUT2D eigenvalue weighted by atomic mass is 10.1. The van der Waals surface area contributed by atoms with Crippen LogP contribution < -0.4 is 14.8 Å². The first-order chi connectivity index (χ1) is 13.4. The molecular formula is C19H16ClN3O4S. The Labute approximate surface area is 167 Å². The maximum Gasteiger partial charge on any atom is 0.264 e. The highest BCUT2D eigenvalue weighted by atomic mass is 35.5. The van der Waals surface area contributed by atoms with Gasteiger partial charge in [-0.1, -0.05) is 35.9 Å². The third kappa shape index (κ3) is 4.24. The third-order valence-electron chi connectivity index (χ3n) is 3.79. The van der Waals surface area contributed by atoms with E-state index in [-0.39, 0.29) is 21.3 Å². The van der Waals surface area contributed by atoms with Crippen LogP contribution in [0, 0.1) is 0 Å². The van der Waals surface area contributed by atoms with Crippen molar-refractivity contribution >= 4 is 38.9 Å². The highest BCUT2D eigenvalue weighted by Crippen LogP contribution is 2.27. The van der Waals surface area contributed by atoms with E-state index in [1.54, 1.807) is 36.4 Å². The quantitative estimate of drug-likeness (QED) is 0.594. The number of sulfonamides is 1. The van der Waals surface area contributed by atoms with Crippen molar-refractivity contribution in [3.05, 3.63) is 77.6 Å². The summed E-state index contributed by atoms with van der Waals surface area (Å²) in [6, 6.07) is 15.9. The molecule has 1 aromatic heterocycles. The lowest BCUT2D eigenvalue weighted by Crippen LogP contribution is -2.19.